The number of benzodiazepines with no additional fused rings is 1. The molecule has 0 aromatic heterocycles. The highest BCUT2D eigenvalue weighted by molar-refractivity contribution is 6.32. The molecule has 1 unspecified atom stereocenters. The van der Waals surface area contributed by atoms with Crippen molar-refractivity contribution in [3.05, 3.63) is 107 Å². The fourth-order valence-electron chi connectivity index (χ4n) is 4.18. The highest BCUT2D eigenvalue weighted by Crippen LogP contribution is 2.31. The third-order valence-corrected chi connectivity index (χ3v) is 6.32. The highest BCUT2D eigenvalue weighted by atomic mass is 35.5. The van der Waals surface area contributed by atoms with Crippen molar-refractivity contribution in [1.82, 2.24) is 0 Å². The summed E-state index contributed by atoms with van der Waals surface area (Å²) in [4.78, 5) is 20.0. The second kappa shape index (κ2) is 11.4. The second-order valence-corrected chi connectivity index (χ2v) is 9.14. The van der Waals surface area contributed by atoms with Gasteiger partial charge in [0, 0.05) is 36.2 Å². The van der Waals surface area contributed by atoms with Crippen molar-refractivity contribution in [1.29, 1.82) is 0 Å². The van der Waals surface area contributed by atoms with Crippen LogP contribution in [0.3, 0.4) is 0 Å². The van der Waals surface area contributed by atoms with Crippen LogP contribution in [0.1, 0.15) is 30.0 Å². The van der Waals surface area contributed by atoms with Gasteiger partial charge in [0.05, 0.1) is 11.4 Å². The van der Waals surface area contributed by atoms with Gasteiger partial charge in [0.2, 0.25) is 0 Å². The standard InChI is InChI=1S/C27H21ClN2O2.C3H8O/c1-30-25-13-10-21(28)16-23(25)26(19-8-11-22(31)12-9-19)29-24(27(30)32)15-17-6-7-18-4-2-3-5-20(18)14-17;1-2-3-4/h2-14,16,24,31H,15H2,1H3;4H,2-3H2,1H3. The molecule has 0 aliphatic carbocycles. The summed E-state index contributed by atoms with van der Waals surface area (Å²) in [5.41, 5.74) is 4.10. The molecule has 1 atom stereocenters. The Labute approximate surface area is 216 Å². The number of phenols is 1. The normalized spacial score (nSPS) is 15.0. The summed E-state index contributed by atoms with van der Waals surface area (Å²) in [5.74, 6) is 0.103. The molecule has 0 saturated heterocycles. The zero-order valence-corrected chi connectivity index (χ0v) is 21.1. The Hall–Kier alpha value is -3.67. The van der Waals surface area contributed by atoms with Gasteiger partial charge in [0.25, 0.3) is 5.91 Å². The lowest BCUT2D eigenvalue weighted by Gasteiger charge is -2.20. The van der Waals surface area contributed by atoms with E-state index in [-0.39, 0.29) is 11.7 Å². The number of aliphatic imine (C=N–C) groups is 1. The van der Waals surface area contributed by atoms with Crippen LogP contribution < -0.4 is 4.90 Å². The molecule has 36 heavy (non-hydrogen) atoms. The number of rotatable bonds is 4. The second-order valence-electron chi connectivity index (χ2n) is 8.71. The van der Waals surface area contributed by atoms with Gasteiger partial charge in [-0.25, -0.2) is 0 Å². The van der Waals surface area contributed by atoms with E-state index in [9.17, 15) is 9.90 Å². The Morgan fingerprint density at radius 3 is 2.33 bits per heavy atom. The first kappa shape index (κ1) is 25.4. The minimum atomic E-state index is -0.587. The monoisotopic (exact) mass is 500 g/mol. The van der Waals surface area contributed by atoms with Crippen LogP contribution in [-0.4, -0.2) is 41.5 Å². The number of halogens is 1. The number of carbonyl (C=O) groups is 1. The van der Waals surface area contributed by atoms with Gasteiger partial charge in [0.15, 0.2) is 0 Å². The van der Waals surface area contributed by atoms with E-state index in [4.69, 9.17) is 21.7 Å². The number of phenolic OH excluding ortho intramolecular Hbond substituents is 1. The molecule has 1 aliphatic heterocycles. The van der Waals surface area contributed by atoms with Crippen LogP contribution in [0.5, 0.6) is 5.75 Å². The van der Waals surface area contributed by atoms with Crippen molar-refractivity contribution in [2.45, 2.75) is 25.8 Å². The third kappa shape index (κ3) is 5.59. The van der Waals surface area contributed by atoms with Crippen LogP contribution in [0.2, 0.25) is 5.02 Å². The molecule has 5 rings (SSSR count). The van der Waals surface area contributed by atoms with Gasteiger partial charge in [-0.15, -0.1) is 0 Å². The highest BCUT2D eigenvalue weighted by Gasteiger charge is 2.30. The molecule has 0 saturated carbocycles. The van der Waals surface area contributed by atoms with E-state index in [1.807, 2.05) is 43.3 Å². The fourth-order valence-corrected chi connectivity index (χ4v) is 4.36. The number of amides is 1. The third-order valence-electron chi connectivity index (χ3n) is 6.08. The van der Waals surface area contributed by atoms with E-state index >= 15 is 0 Å². The van der Waals surface area contributed by atoms with E-state index in [1.165, 1.54) is 0 Å². The Kier molecular flexibility index (Phi) is 8.04. The number of aliphatic hydroxyl groups excluding tert-OH is 1. The minimum absolute atomic E-state index is 0.0736. The van der Waals surface area contributed by atoms with Crippen LogP contribution >= 0.6 is 11.6 Å². The summed E-state index contributed by atoms with van der Waals surface area (Å²) < 4.78 is 0. The number of aromatic hydroxyl groups is 1. The van der Waals surface area contributed by atoms with Crippen molar-refractivity contribution >= 4 is 39.7 Å². The number of carbonyl (C=O) groups excluding carboxylic acids is 1. The summed E-state index contributed by atoms with van der Waals surface area (Å²) in [7, 11) is 1.78. The Balaban J connectivity index is 0.000000709. The number of aliphatic hydroxyl groups is 1. The van der Waals surface area contributed by atoms with E-state index in [0.29, 0.717) is 23.8 Å². The number of hydrogen-bond acceptors (Lipinski definition) is 4. The number of benzene rings is 4. The van der Waals surface area contributed by atoms with Gasteiger partial charge in [-0.3, -0.25) is 9.79 Å². The van der Waals surface area contributed by atoms with Gasteiger partial charge in [-0.1, -0.05) is 61.0 Å². The van der Waals surface area contributed by atoms with Crippen molar-refractivity contribution in [2.24, 2.45) is 4.99 Å². The molecule has 0 radical (unpaired) electrons. The van der Waals surface area contributed by atoms with Crippen molar-refractivity contribution in [3.63, 3.8) is 0 Å². The number of fused-ring (bicyclic) bond motifs is 2. The van der Waals surface area contributed by atoms with E-state index < -0.39 is 6.04 Å². The molecule has 1 heterocycles. The van der Waals surface area contributed by atoms with Crippen LogP contribution in [-0.2, 0) is 11.2 Å². The van der Waals surface area contributed by atoms with E-state index in [1.54, 1.807) is 30.1 Å². The molecule has 4 aromatic rings. The molecule has 0 spiro atoms. The van der Waals surface area contributed by atoms with Gasteiger partial charge in [-0.05, 0) is 65.2 Å². The molecule has 1 amide bonds. The topological polar surface area (TPSA) is 73.1 Å². The van der Waals surface area contributed by atoms with Crippen LogP contribution in [0.25, 0.3) is 10.8 Å². The predicted octanol–water partition coefficient (Wildman–Crippen LogP) is 6.01. The lowest BCUT2D eigenvalue weighted by molar-refractivity contribution is -0.119. The maximum Gasteiger partial charge on any atom is 0.251 e. The van der Waals surface area contributed by atoms with Gasteiger partial charge in [-0.2, -0.15) is 0 Å². The maximum atomic E-state index is 13.4. The molecule has 4 aromatic carbocycles. The van der Waals surface area contributed by atoms with Crippen LogP contribution in [0.15, 0.2) is 89.9 Å². The molecular formula is C30H29ClN2O3. The largest absolute Gasteiger partial charge is 0.508 e. The lowest BCUT2D eigenvalue weighted by atomic mass is 9.99. The average Bonchev–Trinajstić information content (AvgIpc) is 2.99. The lowest BCUT2D eigenvalue weighted by Crippen LogP contribution is -2.36. The summed E-state index contributed by atoms with van der Waals surface area (Å²) in [6.07, 6.45) is 1.36. The van der Waals surface area contributed by atoms with E-state index in [0.717, 1.165) is 39.6 Å². The van der Waals surface area contributed by atoms with Crippen molar-refractivity contribution in [3.8, 4) is 5.75 Å². The van der Waals surface area contributed by atoms with Crippen molar-refractivity contribution in [2.75, 3.05) is 18.6 Å². The zero-order valence-electron chi connectivity index (χ0n) is 20.4. The molecular weight excluding hydrogens is 472 g/mol. The number of likely N-dealkylation sites (N-methyl/N-ethyl adjacent to an activating group) is 1. The Morgan fingerprint density at radius 2 is 1.64 bits per heavy atom. The zero-order chi connectivity index (χ0) is 25.7. The summed E-state index contributed by atoms with van der Waals surface area (Å²) in [5, 5.41) is 20.5. The van der Waals surface area contributed by atoms with Crippen LogP contribution in [0.4, 0.5) is 5.69 Å². The number of anilines is 1. The van der Waals surface area contributed by atoms with Gasteiger partial charge >= 0.3 is 0 Å². The molecule has 2 N–H and O–H groups in total. The van der Waals surface area contributed by atoms with E-state index in [2.05, 4.69) is 30.3 Å². The Morgan fingerprint density at radius 1 is 0.944 bits per heavy atom. The van der Waals surface area contributed by atoms with Gasteiger partial charge < -0.3 is 15.1 Å². The van der Waals surface area contributed by atoms with Gasteiger partial charge in [0.1, 0.15) is 11.8 Å². The molecule has 0 bridgehead atoms. The maximum absolute atomic E-state index is 13.4. The van der Waals surface area contributed by atoms with Crippen molar-refractivity contribution < 1.29 is 15.0 Å². The average molecular weight is 501 g/mol. The summed E-state index contributed by atoms with van der Waals surface area (Å²) in [6, 6.07) is 26.2. The summed E-state index contributed by atoms with van der Waals surface area (Å²) >= 11 is 6.32. The first-order valence-electron chi connectivity index (χ1n) is 11.9. The smallest absolute Gasteiger partial charge is 0.251 e. The molecule has 5 nitrogen and oxygen atoms in total. The number of hydrogen-bond donors (Lipinski definition) is 2. The molecule has 184 valence electrons. The Bertz CT molecular complexity index is 1400. The molecule has 1 aliphatic rings. The summed E-state index contributed by atoms with van der Waals surface area (Å²) in [6.45, 7) is 2.25. The molecule has 0 fully saturated rings. The SMILES string of the molecule is CCCO.CN1C(=O)C(Cc2ccc3ccccc3c2)N=C(c2ccc(O)cc2)c2cc(Cl)ccc21. The predicted molar refractivity (Wildman–Crippen MR) is 147 cm³/mol. The fraction of sp³-hybridized carbons (Fsp3) is 0.200. The molecule has 6 heteroatoms. The van der Waals surface area contributed by atoms with Crippen LogP contribution in [0, 0.1) is 0 Å². The first-order chi connectivity index (χ1) is 17.4. The number of nitrogens with zero attached hydrogens (tertiary/aromatic N) is 2. The first-order valence-corrected chi connectivity index (χ1v) is 12.3. The minimum Gasteiger partial charge on any atom is -0.508 e. The quantitative estimate of drug-likeness (QED) is 0.360.